The lowest BCUT2D eigenvalue weighted by Crippen LogP contribution is -2.46. The van der Waals surface area contributed by atoms with Crippen molar-refractivity contribution in [3.63, 3.8) is 0 Å². The monoisotopic (exact) mass is 423 g/mol. The molecule has 5 heteroatoms. The summed E-state index contributed by atoms with van der Waals surface area (Å²) >= 11 is 0. The summed E-state index contributed by atoms with van der Waals surface area (Å²) in [5, 5.41) is 19.2. The molecule has 2 aromatic rings. The summed E-state index contributed by atoms with van der Waals surface area (Å²) in [6.45, 7) is 4.24. The molecular weight excluding hydrogens is 390 g/mol. The van der Waals surface area contributed by atoms with Crippen molar-refractivity contribution in [2.24, 2.45) is 0 Å². The molecule has 1 saturated heterocycles. The fourth-order valence-electron chi connectivity index (χ4n) is 4.89. The molecule has 2 N–H and O–H groups in total. The van der Waals surface area contributed by atoms with E-state index in [2.05, 4.69) is 25.1 Å². The topological polar surface area (TPSA) is 70.0 Å². The number of piperidine rings is 1. The summed E-state index contributed by atoms with van der Waals surface area (Å²) in [7, 11) is 0. The molecule has 4 rings (SSSR count). The smallest absolute Gasteiger partial charge is 0.253 e. The van der Waals surface area contributed by atoms with Crippen LogP contribution in [0.4, 0.5) is 0 Å². The van der Waals surface area contributed by atoms with Crippen LogP contribution in [0.2, 0.25) is 0 Å². The molecule has 1 fully saturated rings. The number of unbranched alkanes of at least 4 members (excludes halogenated alkanes) is 4. The van der Waals surface area contributed by atoms with E-state index < -0.39 is 0 Å². The number of hydrogen-bond acceptors (Lipinski definition) is 4. The van der Waals surface area contributed by atoms with Crippen molar-refractivity contribution in [3.05, 3.63) is 53.1 Å². The maximum absolute atomic E-state index is 12.9. The van der Waals surface area contributed by atoms with Gasteiger partial charge in [-0.1, -0.05) is 44.7 Å². The van der Waals surface area contributed by atoms with Crippen LogP contribution in [0.15, 0.2) is 36.4 Å². The van der Waals surface area contributed by atoms with Crippen molar-refractivity contribution in [2.45, 2.75) is 63.7 Å². The van der Waals surface area contributed by atoms with Crippen LogP contribution in [-0.4, -0.2) is 40.7 Å². The Balaban J connectivity index is 1.40. The first-order valence-corrected chi connectivity index (χ1v) is 11.6. The Kier molecular flexibility index (Phi) is 6.40. The van der Waals surface area contributed by atoms with Crippen LogP contribution in [0.25, 0.3) is 0 Å². The Bertz CT molecular complexity index is 931. The highest BCUT2D eigenvalue weighted by molar-refractivity contribution is 5.95. The quantitative estimate of drug-likeness (QED) is 0.476. The summed E-state index contributed by atoms with van der Waals surface area (Å²) in [6, 6.07) is 10.9. The van der Waals surface area contributed by atoms with E-state index in [0.29, 0.717) is 25.3 Å². The molecule has 0 unspecified atom stereocenters. The number of carbonyl (C=O) groups is 1. The molecule has 2 aliphatic rings. The first-order valence-electron chi connectivity index (χ1n) is 11.6. The highest BCUT2D eigenvalue weighted by Crippen LogP contribution is 2.46. The minimum atomic E-state index is -0.264. The first-order chi connectivity index (χ1) is 15.0. The second kappa shape index (κ2) is 9.21. The third kappa shape index (κ3) is 4.51. The number of nitrogens with zero attached hydrogens (tertiary/aromatic N) is 1. The number of phenolic OH excluding ortho intramolecular Hbond substituents is 2. The van der Waals surface area contributed by atoms with Gasteiger partial charge in [0.1, 0.15) is 5.75 Å². The first kappa shape index (κ1) is 21.5. The lowest BCUT2D eigenvalue weighted by atomic mass is 9.74. The number of phenols is 2. The van der Waals surface area contributed by atoms with E-state index in [1.165, 1.54) is 55.4 Å². The van der Waals surface area contributed by atoms with E-state index in [0.717, 1.165) is 25.0 Å². The van der Waals surface area contributed by atoms with E-state index in [1.54, 1.807) is 6.07 Å². The minimum Gasteiger partial charge on any atom is -0.504 e. The predicted octanol–water partition coefficient (Wildman–Crippen LogP) is 5.18. The Hall–Kier alpha value is -2.69. The molecule has 0 atom stereocenters. The normalized spacial score (nSPS) is 16.9. The van der Waals surface area contributed by atoms with Crippen LogP contribution < -0.4 is 4.74 Å². The second-order valence-corrected chi connectivity index (χ2v) is 9.06. The van der Waals surface area contributed by atoms with Gasteiger partial charge in [-0.2, -0.15) is 0 Å². The fourth-order valence-corrected chi connectivity index (χ4v) is 4.89. The van der Waals surface area contributed by atoms with Gasteiger partial charge < -0.3 is 19.8 Å². The maximum Gasteiger partial charge on any atom is 0.253 e. The molecule has 0 saturated carbocycles. The lowest BCUT2D eigenvalue weighted by molar-refractivity contribution is 0.0646. The van der Waals surface area contributed by atoms with E-state index >= 15 is 0 Å². The highest BCUT2D eigenvalue weighted by Gasteiger charge is 2.44. The van der Waals surface area contributed by atoms with Crippen LogP contribution in [0, 0.1) is 0 Å². The molecular formula is C26H33NO4. The minimum absolute atomic E-state index is 0.0125. The fraction of sp³-hybridized carbons (Fsp3) is 0.500. The Morgan fingerprint density at radius 2 is 1.77 bits per heavy atom. The van der Waals surface area contributed by atoms with E-state index in [1.807, 2.05) is 4.90 Å². The lowest BCUT2D eigenvalue weighted by Gasteiger charge is -2.38. The average Bonchev–Trinajstić information content (AvgIpc) is 3.13. The molecule has 0 radical (unpaired) electrons. The van der Waals surface area contributed by atoms with Gasteiger partial charge in [-0.25, -0.2) is 0 Å². The van der Waals surface area contributed by atoms with E-state index in [4.69, 9.17) is 4.74 Å². The SMILES string of the molecule is CCCCCCCc1ccc2c(c1)C1(CCN(C(=O)c3ccc(O)c(O)c3)CC1)CO2. The molecule has 0 bridgehead atoms. The zero-order chi connectivity index (χ0) is 21.8. The summed E-state index contributed by atoms with van der Waals surface area (Å²) in [4.78, 5) is 14.7. The van der Waals surface area contributed by atoms with Crippen molar-refractivity contribution in [1.82, 2.24) is 4.90 Å². The molecule has 1 spiro atoms. The van der Waals surface area contributed by atoms with Gasteiger partial charge in [-0.05, 0) is 55.5 Å². The number of benzene rings is 2. The van der Waals surface area contributed by atoms with E-state index in [9.17, 15) is 15.0 Å². The number of aryl methyl sites for hydroxylation is 1. The highest BCUT2D eigenvalue weighted by atomic mass is 16.5. The number of hydrogen-bond donors (Lipinski definition) is 2. The van der Waals surface area contributed by atoms with Crippen molar-refractivity contribution < 1.29 is 19.7 Å². The largest absolute Gasteiger partial charge is 0.504 e. The molecule has 5 nitrogen and oxygen atoms in total. The van der Waals surface area contributed by atoms with Crippen molar-refractivity contribution in [1.29, 1.82) is 0 Å². The number of fused-ring (bicyclic) bond motifs is 2. The summed E-state index contributed by atoms with van der Waals surface area (Å²) < 4.78 is 6.05. The van der Waals surface area contributed by atoms with Gasteiger partial charge in [0.15, 0.2) is 11.5 Å². The van der Waals surface area contributed by atoms with Crippen LogP contribution >= 0.6 is 0 Å². The predicted molar refractivity (Wildman–Crippen MR) is 121 cm³/mol. The van der Waals surface area contributed by atoms with Gasteiger partial charge >= 0.3 is 0 Å². The van der Waals surface area contributed by atoms with Gasteiger partial charge in [0, 0.05) is 29.6 Å². The molecule has 31 heavy (non-hydrogen) atoms. The Labute approximate surface area is 184 Å². The summed E-state index contributed by atoms with van der Waals surface area (Å²) in [5.41, 5.74) is 3.09. The number of carbonyl (C=O) groups excluding carboxylic acids is 1. The number of ether oxygens (including phenoxy) is 1. The van der Waals surface area contributed by atoms with Gasteiger partial charge in [0.25, 0.3) is 5.91 Å². The third-order valence-electron chi connectivity index (χ3n) is 6.92. The number of amides is 1. The third-order valence-corrected chi connectivity index (χ3v) is 6.92. The number of aromatic hydroxyl groups is 2. The van der Waals surface area contributed by atoms with Crippen molar-refractivity contribution in [3.8, 4) is 17.2 Å². The van der Waals surface area contributed by atoms with Gasteiger partial charge in [0.05, 0.1) is 6.61 Å². The Morgan fingerprint density at radius 3 is 2.52 bits per heavy atom. The molecule has 2 aromatic carbocycles. The average molecular weight is 424 g/mol. The molecule has 1 amide bonds. The zero-order valence-corrected chi connectivity index (χ0v) is 18.4. The van der Waals surface area contributed by atoms with E-state index in [-0.39, 0.29) is 22.8 Å². The molecule has 0 aliphatic carbocycles. The van der Waals surface area contributed by atoms with Crippen molar-refractivity contribution in [2.75, 3.05) is 19.7 Å². The van der Waals surface area contributed by atoms with Crippen LogP contribution in [0.1, 0.15) is 73.4 Å². The Morgan fingerprint density at radius 1 is 1.00 bits per heavy atom. The molecule has 0 aromatic heterocycles. The molecule has 2 heterocycles. The number of likely N-dealkylation sites (tertiary alicyclic amines) is 1. The second-order valence-electron chi connectivity index (χ2n) is 9.06. The maximum atomic E-state index is 12.9. The van der Waals surface area contributed by atoms with Gasteiger partial charge in [0.2, 0.25) is 0 Å². The van der Waals surface area contributed by atoms with Crippen LogP contribution in [-0.2, 0) is 11.8 Å². The summed E-state index contributed by atoms with van der Waals surface area (Å²) in [6.07, 6.45) is 9.28. The summed E-state index contributed by atoms with van der Waals surface area (Å²) in [5.74, 6) is 0.415. The number of rotatable bonds is 7. The molecule has 2 aliphatic heterocycles. The molecule has 166 valence electrons. The van der Waals surface area contributed by atoms with Crippen LogP contribution in [0.3, 0.4) is 0 Å². The van der Waals surface area contributed by atoms with Crippen molar-refractivity contribution >= 4 is 5.91 Å². The zero-order valence-electron chi connectivity index (χ0n) is 18.4. The van der Waals surface area contributed by atoms with Gasteiger partial charge in [-0.3, -0.25) is 4.79 Å². The van der Waals surface area contributed by atoms with Crippen LogP contribution in [0.5, 0.6) is 17.2 Å². The standard InChI is InChI=1S/C26H33NO4/c1-2-3-4-5-6-7-19-8-11-24-21(16-19)26(18-31-24)12-14-27(15-13-26)25(30)20-9-10-22(28)23(29)17-20/h8-11,16-17,28-29H,2-7,12-15,18H2,1H3. The van der Waals surface area contributed by atoms with Gasteiger partial charge in [-0.15, -0.1) is 0 Å².